The summed E-state index contributed by atoms with van der Waals surface area (Å²) >= 11 is 0. The van der Waals surface area contributed by atoms with Gasteiger partial charge in [-0.3, -0.25) is 4.79 Å². The summed E-state index contributed by atoms with van der Waals surface area (Å²) in [6.07, 6.45) is 2.98. The normalized spacial score (nSPS) is 10.9. The predicted octanol–water partition coefficient (Wildman–Crippen LogP) is 2.76. The van der Waals surface area contributed by atoms with Gasteiger partial charge in [-0.1, -0.05) is 12.1 Å². The Bertz CT molecular complexity index is 648. The van der Waals surface area contributed by atoms with Gasteiger partial charge in [0.1, 0.15) is 5.75 Å². The summed E-state index contributed by atoms with van der Waals surface area (Å²) in [5.74, 6) is 0.897. The third kappa shape index (κ3) is 4.18. The van der Waals surface area contributed by atoms with E-state index in [0.29, 0.717) is 17.3 Å². The lowest BCUT2D eigenvalue weighted by molar-refractivity contribution is 0.0919. The largest absolute Gasteiger partial charge is 0.495 e. The summed E-state index contributed by atoms with van der Waals surface area (Å²) in [7, 11) is 1.60. The highest BCUT2D eigenvalue weighted by Gasteiger charge is 2.16. The van der Waals surface area contributed by atoms with Gasteiger partial charge in [-0.15, -0.1) is 0 Å². The van der Waals surface area contributed by atoms with Crippen molar-refractivity contribution in [2.24, 2.45) is 0 Å². The van der Waals surface area contributed by atoms with E-state index >= 15 is 0 Å². The molecule has 2 rings (SSSR count). The van der Waals surface area contributed by atoms with Gasteiger partial charge >= 0.3 is 0 Å². The molecule has 6 heteroatoms. The van der Waals surface area contributed by atoms with E-state index in [1.54, 1.807) is 7.11 Å². The number of benzene rings is 1. The summed E-state index contributed by atoms with van der Waals surface area (Å²) in [6, 6.07) is 7.47. The highest BCUT2D eigenvalue weighted by Crippen LogP contribution is 2.25. The SMILES string of the molecule is COc1ccccc1Nc1ncc(C(=O)NC(C)(C)C)cn1. The number of hydrogen-bond acceptors (Lipinski definition) is 5. The predicted molar refractivity (Wildman–Crippen MR) is 85.5 cm³/mol. The Labute approximate surface area is 129 Å². The van der Waals surface area contributed by atoms with Crippen LogP contribution in [-0.4, -0.2) is 28.5 Å². The molecule has 0 unspecified atom stereocenters. The van der Waals surface area contributed by atoms with Gasteiger partial charge in [0.15, 0.2) is 0 Å². The van der Waals surface area contributed by atoms with Gasteiger partial charge in [0.05, 0.1) is 18.4 Å². The van der Waals surface area contributed by atoms with Gasteiger partial charge in [0.25, 0.3) is 5.91 Å². The monoisotopic (exact) mass is 300 g/mol. The number of carbonyl (C=O) groups is 1. The molecule has 6 nitrogen and oxygen atoms in total. The molecule has 1 aromatic heterocycles. The van der Waals surface area contributed by atoms with Crippen molar-refractivity contribution in [1.29, 1.82) is 0 Å². The molecule has 0 spiro atoms. The first-order valence-corrected chi connectivity index (χ1v) is 6.93. The molecule has 1 amide bonds. The summed E-state index contributed by atoms with van der Waals surface area (Å²) in [5.41, 5.74) is 0.878. The van der Waals surface area contributed by atoms with Gasteiger partial charge in [-0.25, -0.2) is 9.97 Å². The fraction of sp³-hybridized carbons (Fsp3) is 0.312. The second-order valence-electron chi connectivity index (χ2n) is 5.82. The first kappa shape index (κ1) is 15.8. The molecule has 0 aliphatic rings. The third-order valence-corrected chi connectivity index (χ3v) is 2.76. The zero-order chi connectivity index (χ0) is 16.2. The average Bonchev–Trinajstić information content (AvgIpc) is 2.47. The van der Waals surface area contributed by atoms with E-state index < -0.39 is 0 Å². The van der Waals surface area contributed by atoms with Crippen LogP contribution in [0.2, 0.25) is 0 Å². The van der Waals surface area contributed by atoms with Crippen molar-refractivity contribution in [2.75, 3.05) is 12.4 Å². The first-order chi connectivity index (χ1) is 10.4. The Morgan fingerprint density at radius 1 is 1.14 bits per heavy atom. The molecule has 22 heavy (non-hydrogen) atoms. The summed E-state index contributed by atoms with van der Waals surface area (Å²) in [4.78, 5) is 20.3. The van der Waals surface area contributed by atoms with Gasteiger partial charge in [-0.2, -0.15) is 0 Å². The highest BCUT2D eigenvalue weighted by atomic mass is 16.5. The van der Waals surface area contributed by atoms with E-state index in [1.807, 2.05) is 45.0 Å². The minimum Gasteiger partial charge on any atom is -0.495 e. The van der Waals surface area contributed by atoms with Crippen LogP contribution in [-0.2, 0) is 0 Å². The Morgan fingerprint density at radius 2 is 1.77 bits per heavy atom. The van der Waals surface area contributed by atoms with Crippen LogP contribution in [0.4, 0.5) is 11.6 Å². The maximum absolute atomic E-state index is 12.0. The number of rotatable bonds is 4. The number of aromatic nitrogens is 2. The molecule has 1 aromatic carbocycles. The van der Waals surface area contributed by atoms with Crippen molar-refractivity contribution in [2.45, 2.75) is 26.3 Å². The quantitative estimate of drug-likeness (QED) is 0.908. The number of ether oxygens (including phenoxy) is 1. The maximum atomic E-state index is 12.0. The van der Waals surface area contributed by atoms with Crippen molar-refractivity contribution >= 4 is 17.5 Å². The molecule has 0 aliphatic heterocycles. The van der Waals surface area contributed by atoms with Gasteiger partial charge in [0, 0.05) is 17.9 Å². The van der Waals surface area contributed by atoms with Crippen LogP contribution < -0.4 is 15.4 Å². The van der Waals surface area contributed by atoms with E-state index in [9.17, 15) is 4.79 Å². The van der Waals surface area contributed by atoms with E-state index in [1.165, 1.54) is 12.4 Å². The number of amides is 1. The van der Waals surface area contributed by atoms with E-state index in [2.05, 4.69) is 20.6 Å². The maximum Gasteiger partial charge on any atom is 0.254 e. The summed E-state index contributed by atoms with van der Waals surface area (Å²) in [5, 5.41) is 5.92. The molecule has 1 heterocycles. The molecule has 2 N–H and O–H groups in total. The molecule has 0 saturated carbocycles. The van der Waals surface area contributed by atoms with Crippen molar-refractivity contribution in [1.82, 2.24) is 15.3 Å². The number of carbonyl (C=O) groups excluding carboxylic acids is 1. The number of methoxy groups -OCH3 is 1. The Kier molecular flexibility index (Phi) is 4.60. The standard InChI is InChI=1S/C16H20N4O2/c1-16(2,3)20-14(21)11-9-17-15(18-10-11)19-12-7-5-6-8-13(12)22-4/h5-10H,1-4H3,(H,20,21)(H,17,18,19). The molecule has 0 aliphatic carbocycles. The average molecular weight is 300 g/mol. The van der Waals surface area contributed by atoms with Crippen LogP contribution in [0.3, 0.4) is 0 Å². The fourth-order valence-corrected chi connectivity index (χ4v) is 1.79. The van der Waals surface area contributed by atoms with Crippen LogP contribution in [0.1, 0.15) is 31.1 Å². The van der Waals surface area contributed by atoms with Gasteiger partial charge < -0.3 is 15.4 Å². The lowest BCUT2D eigenvalue weighted by Crippen LogP contribution is -2.40. The van der Waals surface area contributed by atoms with E-state index in [-0.39, 0.29) is 11.4 Å². The fourth-order valence-electron chi connectivity index (χ4n) is 1.79. The number of nitrogens with zero attached hydrogens (tertiary/aromatic N) is 2. The van der Waals surface area contributed by atoms with Crippen LogP contribution in [0, 0.1) is 0 Å². The molecule has 0 saturated heterocycles. The highest BCUT2D eigenvalue weighted by molar-refractivity contribution is 5.94. The third-order valence-electron chi connectivity index (χ3n) is 2.76. The van der Waals surface area contributed by atoms with Crippen LogP contribution in [0.5, 0.6) is 5.75 Å². The van der Waals surface area contributed by atoms with E-state index in [0.717, 1.165) is 5.69 Å². The van der Waals surface area contributed by atoms with Crippen molar-refractivity contribution < 1.29 is 9.53 Å². The first-order valence-electron chi connectivity index (χ1n) is 6.93. The number of para-hydroxylation sites is 2. The van der Waals surface area contributed by atoms with Crippen molar-refractivity contribution in [3.05, 3.63) is 42.2 Å². The molecule has 0 fully saturated rings. The second kappa shape index (κ2) is 6.43. The minimum absolute atomic E-state index is 0.198. The zero-order valence-electron chi connectivity index (χ0n) is 13.2. The number of nitrogens with one attached hydrogen (secondary N) is 2. The lowest BCUT2D eigenvalue weighted by Gasteiger charge is -2.20. The zero-order valence-corrected chi connectivity index (χ0v) is 13.2. The van der Waals surface area contributed by atoms with Crippen LogP contribution in [0.25, 0.3) is 0 Å². The minimum atomic E-state index is -0.300. The Morgan fingerprint density at radius 3 is 2.36 bits per heavy atom. The lowest BCUT2D eigenvalue weighted by atomic mass is 10.1. The topological polar surface area (TPSA) is 76.1 Å². The molecular formula is C16H20N4O2. The molecule has 116 valence electrons. The molecule has 2 aromatic rings. The van der Waals surface area contributed by atoms with Gasteiger partial charge in [-0.05, 0) is 32.9 Å². The Hall–Kier alpha value is -2.63. The van der Waals surface area contributed by atoms with Crippen LogP contribution in [0.15, 0.2) is 36.7 Å². The summed E-state index contributed by atoms with van der Waals surface area (Å²) in [6.45, 7) is 5.76. The smallest absolute Gasteiger partial charge is 0.254 e. The van der Waals surface area contributed by atoms with Gasteiger partial charge in [0.2, 0.25) is 5.95 Å². The molecular weight excluding hydrogens is 280 g/mol. The second-order valence-corrected chi connectivity index (χ2v) is 5.82. The molecule has 0 bridgehead atoms. The van der Waals surface area contributed by atoms with E-state index in [4.69, 9.17) is 4.74 Å². The molecule has 0 atom stereocenters. The number of anilines is 2. The van der Waals surface area contributed by atoms with Crippen LogP contribution >= 0.6 is 0 Å². The Balaban J connectivity index is 2.11. The van der Waals surface area contributed by atoms with Crippen molar-refractivity contribution in [3.63, 3.8) is 0 Å². The number of hydrogen-bond donors (Lipinski definition) is 2. The summed E-state index contributed by atoms with van der Waals surface area (Å²) < 4.78 is 5.25. The molecule has 0 radical (unpaired) electrons. The van der Waals surface area contributed by atoms with Crippen molar-refractivity contribution in [3.8, 4) is 5.75 Å².